The smallest absolute Gasteiger partial charge is 0.262 e. The molecule has 0 N–H and O–H groups in total. The predicted octanol–water partition coefficient (Wildman–Crippen LogP) is 4.74. The second-order valence-electron chi connectivity index (χ2n) is 5.29. The molecule has 0 radical (unpaired) electrons. The molecule has 0 saturated heterocycles. The number of rotatable bonds is 5. The summed E-state index contributed by atoms with van der Waals surface area (Å²) in [5, 5.41) is 0.565. The van der Waals surface area contributed by atoms with E-state index in [9.17, 15) is 8.42 Å². The molecule has 0 aliphatic rings. The fourth-order valence-corrected chi connectivity index (χ4v) is 3.99. The molecule has 0 saturated carbocycles. The van der Waals surface area contributed by atoms with Gasteiger partial charge in [-0.3, -0.25) is 4.31 Å². The standard InChI is InChI=1S/C19H16ClNO2S/c20-17-11-13-18(14-12-17)21(15-16-7-3-1-4-8-16)24(22,23)19-9-5-2-6-10-19/h1-14H,15H2. The van der Waals surface area contributed by atoms with Crippen LogP contribution >= 0.6 is 11.6 Å². The lowest BCUT2D eigenvalue weighted by Gasteiger charge is -2.24. The molecule has 122 valence electrons. The van der Waals surface area contributed by atoms with Crippen LogP contribution in [0.1, 0.15) is 5.56 Å². The maximum Gasteiger partial charge on any atom is 0.264 e. The Labute approximate surface area is 147 Å². The van der Waals surface area contributed by atoms with Crippen molar-refractivity contribution in [3.63, 3.8) is 0 Å². The van der Waals surface area contributed by atoms with Crippen LogP contribution in [0, 0.1) is 0 Å². The van der Waals surface area contributed by atoms with Crippen LogP contribution in [0.2, 0.25) is 5.02 Å². The van der Waals surface area contributed by atoms with Crippen LogP contribution in [0.4, 0.5) is 5.69 Å². The van der Waals surface area contributed by atoms with Gasteiger partial charge >= 0.3 is 0 Å². The van der Waals surface area contributed by atoms with Crippen LogP contribution in [0.15, 0.2) is 89.8 Å². The van der Waals surface area contributed by atoms with Gasteiger partial charge < -0.3 is 0 Å². The Hall–Kier alpha value is -2.30. The van der Waals surface area contributed by atoms with Gasteiger partial charge in [0.1, 0.15) is 0 Å². The van der Waals surface area contributed by atoms with E-state index in [-0.39, 0.29) is 11.4 Å². The Balaban J connectivity index is 2.06. The van der Waals surface area contributed by atoms with Crippen molar-refractivity contribution in [1.82, 2.24) is 0 Å². The molecule has 5 heteroatoms. The van der Waals surface area contributed by atoms with E-state index in [1.165, 1.54) is 4.31 Å². The Kier molecular flexibility index (Phi) is 4.88. The predicted molar refractivity (Wildman–Crippen MR) is 97.7 cm³/mol. The molecule has 3 aromatic carbocycles. The van der Waals surface area contributed by atoms with Crippen molar-refractivity contribution in [2.24, 2.45) is 0 Å². The van der Waals surface area contributed by atoms with E-state index in [1.54, 1.807) is 54.6 Å². The van der Waals surface area contributed by atoms with Crippen LogP contribution in [0.25, 0.3) is 0 Å². The first-order chi connectivity index (χ1) is 11.6. The largest absolute Gasteiger partial charge is 0.264 e. The zero-order valence-corrected chi connectivity index (χ0v) is 14.4. The fraction of sp³-hybridized carbons (Fsp3) is 0.0526. The molecular weight excluding hydrogens is 342 g/mol. The molecule has 0 bridgehead atoms. The first-order valence-electron chi connectivity index (χ1n) is 7.45. The maximum absolute atomic E-state index is 13.1. The highest BCUT2D eigenvalue weighted by molar-refractivity contribution is 7.92. The van der Waals surface area contributed by atoms with E-state index in [1.807, 2.05) is 30.3 Å². The van der Waals surface area contributed by atoms with Crippen molar-refractivity contribution in [2.45, 2.75) is 11.4 Å². The molecule has 0 unspecified atom stereocenters. The summed E-state index contributed by atoms with van der Waals surface area (Å²) in [5.41, 5.74) is 1.49. The number of halogens is 1. The third-order valence-corrected chi connectivity index (χ3v) is 5.65. The van der Waals surface area contributed by atoms with Crippen LogP contribution < -0.4 is 4.31 Å². The van der Waals surface area contributed by atoms with Gasteiger partial charge in [0.25, 0.3) is 10.0 Å². The molecule has 0 atom stereocenters. The third-order valence-electron chi connectivity index (χ3n) is 3.61. The third kappa shape index (κ3) is 3.61. The number of benzene rings is 3. The Morgan fingerprint density at radius 2 is 1.29 bits per heavy atom. The number of anilines is 1. The highest BCUT2D eigenvalue weighted by Gasteiger charge is 2.24. The van der Waals surface area contributed by atoms with Crippen LogP contribution in [0.3, 0.4) is 0 Å². The zero-order chi connectivity index (χ0) is 17.0. The topological polar surface area (TPSA) is 37.4 Å². The summed E-state index contributed by atoms with van der Waals surface area (Å²) in [4.78, 5) is 0.260. The van der Waals surface area contributed by atoms with E-state index in [0.29, 0.717) is 10.7 Å². The molecule has 0 spiro atoms. The van der Waals surface area contributed by atoms with Crippen molar-refractivity contribution in [2.75, 3.05) is 4.31 Å². The fourth-order valence-electron chi connectivity index (χ4n) is 2.39. The molecule has 0 amide bonds. The molecule has 24 heavy (non-hydrogen) atoms. The summed E-state index contributed by atoms with van der Waals surface area (Å²) >= 11 is 5.94. The monoisotopic (exact) mass is 357 g/mol. The molecule has 3 rings (SSSR count). The Bertz CT molecular complexity index is 895. The number of hydrogen-bond donors (Lipinski definition) is 0. The van der Waals surface area contributed by atoms with Crippen molar-refractivity contribution in [3.05, 3.63) is 95.5 Å². The molecular formula is C19H16ClNO2S. The van der Waals surface area contributed by atoms with E-state index in [4.69, 9.17) is 11.6 Å². The lowest BCUT2D eigenvalue weighted by Crippen LogP contribution is -2.30. The summed E-state index contributed by atoms with van der Waals surface area (Å²) in [6, 6.07) is 24.7. The minimum atomic E-state index is -3.67. The van der Waals surface area contributed by atoms with E-state index in [0.717, 1.165) is 5.56 Å². The van der Waals surface area contributed by atoms with Crippen molar-refractivity contribution < 1.29 is 8.42 Å². The minimum Gasteiger partial charge on any atom is -0.262 e. The average Bonchev–Trinajstić information content (AvgIpc) is 2.62. The van der Waals surface area contributed by atoms with Crippen LogP contribution in [0.5, 0.6) is 0 Å². The van der Waals surface area contributed by atoms with Crippen molar-refractivity contribution >= 4 is 27.3 Å². The van der Waals surface area contributed by atoms with Gasteiger partial charge in [0.15, 0.2) is 0 Å². The summed E-state index contributed by atoms with van der Waals surface area (Å²) in [5.74, 6) is 0. The average molecular weight is 358 g/mol. The molecule has 0 heterocycles. The maximum atomic E-state index is 13.1. The Morgan fingerprint density at radius 3 is 1.88 bits per heavy atom. The van der Waals surface area contributed by atoms with Crippen molar-refractivity contribution in [1.29, 1.82) is 0 Å². The van der Waals surface area contributed by atoms with Gasteiger partial charge in [-0.25, -0.2) is 8.42 Å². The van der Waals surface area contributed by atoms with Gasteiger partial charge in [-0.05, 0) is 42.0 Å². The summed E-state index contributed by atoms with van der Waals surface area (Å²) in [6.07, 6.45) is 0. The highest BCUT2D eigenvalue weighted by atomic mass is 35.5. The van der Waals surface area contributed by atoms with Gasteiger partial charge in [-0.1, -0.05) is 60.1 Å². The SMILES string of the molecule is O=S(=O)(c1ccccc1)N(Cc1ccccc1)c1ccc(Cl)cc1. The normalized spacial score (nSPS) is 11.2. The molecule has 0 aliphatic carbocycles. The van der Waals surface area contributed by atoms with Crippen LogP contribution in [-0.4, -0.2) is 8.42 Å². The number of sulfonamides is 1. The minimum absolute atomic E-state index is 0.250. The van der Waals surface area contributed by atoms with E-state index in [2.05, 4.69) is 0 Å². The quantitative estimate of drug-likeness (QED) is 0.661. The molecule has 3 nitrogen and oxygen atoms in total. The van der Waals surface area contributed by atoms with Crippen LogP contribution in [-0.2, 0) is 16.6 Å². The first-order valence-corrected chi connectivity index (χ1v) is 9.26. The lowest BCUT2D eigenvalue weighted by molar-refractivity contribution is 0.590. The molecule has 0 aromatic heterocycles. The van der Waals surface area contributed by atoms with Gasteiger partial charge in [0.05, 0.1) is 17.1 Å². The van der Waals surface area contributed by atoms with Crippen molar-refractivity contribution in [3.8, 4) is 0 Å². The van der Waals surface area contributed by atoms with Gasteiger partial charge in [0, 0.05) is 5.02 Å². The Morgan fingerprint density at radius 1 is 0.750 bits per heavy atom. The van der Waals surface area contributed by atoms with Gasteiger partial charge in [-0.2, -0.15) is 0 Å². The van der Waals surface area contributed by atoms with E-state index < -0.39 is 10.0 Å². The second-order valence-corrected chi connectivity index (χ2v) is 7.59. The second kappa shape index (κ2) is 7.07. The molecule has 0 fully saturated rings. The highest BCUT2D eigenvalue weighted by Crippen LogP contribution is 2.27. The summed E-state index contributed by atoms with van der Waals surface area (Å²) in [6.45, 7) is 0.250. The number of nitrogens with zero attached hydrogens (tertiary/aromatic N) is 1. The van der Waals surface area contributed by atoms with E-state index >= 15 is 0 Å². The molecule has 3 aromatic rings. The lowest BCUT2D eigenvalue weighted by atomic mass is 10.2. The summed E-state index contributed by atoms with van der Waals surface area (Å²) in [7, 11) is -3.67. The number of hydrogen-bond acceptors (Lipinski definition) is 2. The van der Waals surface area contributed by atoms with Gasteiger partial charge in [0.2, 0.25) is 0 Å². The van der Waals surface area contributed by atoms with Gasteiger partial charge in [-0.15, -0.1) is 0 Å². The first kappa shape index (κ1) is 16.6. The molecule has 0 aliphatic heterocycles. The summed E-state index contributed by atoms with van der Waals surface area (Å²) < 4.78 is 27.6. The zero-order valence-electron chi connectivity index (χ0n) is 12.8.